The van der Waals surface area contributed by atoms with Crippen LogP contribution in [0.15, 0.2) is 29.1 Å². The highest BCUT2D eigenvalue weighted by Crippen LogP contribution is 2.31. The number of carbonyl (C=O) groups is 1. The fourth-order valence-electron chi connectivity index (χ4n) is 2.46. The molecule has 1 fully saturated rings. The second-order valence-corrected chi connectivity index (χ2v) is 5.53. The molecule has 1 aromatic carbocycles. The van der Waals surface area contributed by atoms with Crippen LogP contribution in [0.25, 0.3) is 10.9 Å². The number of benzene rings is 1. The molecule has 21 heavy (non-hydrogen) atoms. The van der Waals surface area contributed by atoms with Gasteiger partial charge in [0.25, 0.3) is 5.91 Å². The summed E-state index contributed by atoms with van der Waals surface area (Å²) in [6, 6.07) is 7.06. The number of para-hydroxylation sites is 1. The van der Waals surface area contributed by atoms with Crippen molar-refractivity contribution < 1.29 is 4.79 Å². The lowest BCUT2D eigenvalue weighted by molar-refractivity contribution is 0.0942. The summed E-state index contributed by atoms with van der Waals surface area (Å²) in [5, 5.41) is 7.30. The number of carbonyl (C=O) groups excluding carboxylic acids is 1. The topological polar surface area (TPSA) is 90.0 Å². The Morgan fingerprint density at radius 3 is 2.90 bits per heavy atom. The van der Waals surface area contributed by atoms with E-state index in [1.807, 2.05) is 6.07 Å². The number of nitrogens with zero attached hydrogens (tertiary/aromatic N) is 2. The number of nitrogens with one attached hydrogen (secondary N) is 1. The fourth-order valence-corrected chi connectivity index (χ4v) is 2.46. The molecule has 1 heterocycles. The van der Waals surface area contributed by atoms with Gasteiger partial charge in [0.15, 0.2) is 5.69 Å². The summed E-state index contributed by atoms with van der Waals surface area (Å²) in [6.07, 6.45) is 2.24. The predicted octanol–water partition coefficient (Wildman–Crippen LogP) is 0.401. The van der Waals surface area contributed by atoms with Crippen molar-refractivity contribution in [2.24, 2.45) is 18.7 Å². The minimum atomic E-state index is -0.461. The molecule has 0 aliphatic heterocycles. The van der Waals surface area contributed by atoms with Gasteiger partial charge in [0.1, 0.15) is 0 Å². The van der Waals surface area contributed by atoms with E-state index >= 15 is 0 Å². The van der Waals surface area contributed by atoms with Crippen molar-refractivity contribution in [3.8, 4) is 0 Å². The van der Waals surface area contributed by atoms with Crippen molar-refractivity contribution in [3.63, 3.8) is 0 Å². The number of rotatable bonds is 4. The van der Waals surface area contributed by atoms with Gasteiger partial charge >= 0.3 is 0 Å². The van der Waals surface area contributed by atoms with Gasteiger partial charge in [0.05, 0.1) is 5.52 Å². The number of nitrogens with two attached hydrogens (primary N) is 1. The average Bonchev–Trinajstić information content (AvgIpc) is 3.33. The van der Waals surface area contributed by atoms with E-state index in [4.69, 9.17) is 5.73 Å². The normalized spacial score (nSPS) is 15.9. The highest BCUT2D eigenvalue weighted by Gasteiger charge is 2.29. The first-order chi connectivity index (χ1) is 10.1. The summed E-state index contributed by atoms with van der Waals surface area (Å²) < 4.78 is 1.55. The summed E-state index contributed by atoms with van der Waals surface area (Å²) >= 11 is 0. The predicted molar refractivity (Wildman–Crippen MR) is 80.0 cm³/mol. The summed E-state index contributed by atoms with van der Waals surface area (Å²) in [5.41, 5.74) is 6.22. The third-order valence-corrected chi connectivity index (χ3v) is 3.90. The fraction of sp³-hybridized carbons (Fsp3) is 0.400. The molecular formula is C15H18N4O2. The molecule has 1 unspecified atom stereocenters. The summed E-state index contributed by atoms with van der Waals surface area (Å²) in [5.74, 6) is 0.0372. The minimum absolute atomic E-state index is 0.0433. The average molecular weight is 286 g/mol. The molecule has 1 saturated carbocycles. The van der Waals surface area contributed by atoms with Crippen molar-refractivity contribution in [2.75, 3.05) is 6.54 Å². The monoisotopic (exact) mass is 286 g/mol. The van der Waals surface area contributed by atoms with Gasteiger partial charge in [0.2, 0.25) is 5.43 Å². The van der Waals surface area contributed by atoms with Gasteiger partial charge < -0.3 is 11.1 Å². The number of aryl methyl sites for hydroxylation is 1. The molecule has 2 aromatic rings. The Bertz CT molecular complexity index is 749. The molecule has 1 aliphatic carbocycles. The van der Waals surface area contributed by atoms with Crippen LogP contribution < -0.4 is 16.5 Å². The summed E-state index contributed by atoms with van der Waals surface area (Å²) in [4.78, 5) is 24.5. The molecule has 110 valence electrons. The van der Waals surface area contributed by atoms with Gasteiger partial charge in [0, 0.05) is 25.0 Å². The zero-order chi connectivity index (χ0) is 15.0. The molecule has 6 heteroatoms. The zero-order valence-corrected chi connectivity index (χ0v) is 11.9. The van der Waals surface area contributed by atoms with Crippen molar-refractivity contribution in [3.05, 3.63) is 40.2 Å². The second kappa shape index (κ2) is 5.29. The standard InChI is InChI=1S/C15H18N4O2/c1-19-12-5-3-2-4-10(12)14(20)13(18-19)15(21)17-8-11(16)9-6-7-9/h2-5,9,11H,6-8,16H2,1H3,(H,17,21). The van der Waals surface area contributed by atoms with Gasteiger partial charge in [-0.15, -0.1) is 0 Å². The van der Waals surface area contributed by atoms with Gasteiger partial charge in [-0.05, 0) is 30.9 Å². The van der Waals surface area contributed by atoms with Crippen LogP contribution >= 0.6 is 0 Å². The molecule has 0 saturated heterocycles. The molecule has 1 aliphatic rings. The number of amides is 1. The van der Waals surface area contributed by atoms with E-state index in [2.05, 4.69) is 10.4 Å². The van der Waals surface area contributed by atoms with E-state index in [1.54, 1.807) is 29.9 Å². The van der Waals surface area contributed by atoms with E-state index in [-0.39, 0.29) is 17.2 Å². The summed E-state index contributed by atoms with van der Waals surface area (Å²) in [7, 11) is 1.72. The Hall–Kier alpha value is -2.21. The lowest BCUT2D eigenvalue weighted by atomic mass is 10.2. The first kappa shape index (κ1) is 13.8. The maximum atomic E-state index is 12.3. The Morgan fingerprint density at radius 1 is 1.48 bits per heavy atom. The lowest BCUT2D eigenvalue weighted by Gasteiger charge is -2.12. The SMILES string of the molecule is Cn1nc(C(=O)NCC(N)C2CC2)c(=O)c2ccccc21. The van der Waals surface area contributed by atoms with Crippen molar-refractivity contribution in [1.29, 1.82) is 0 Å². The molecule has 3 rings (SSSR count). The molecule has 1 amide bonds. The number of aromatic nitrogens is 2. The lowest BCUT2D eigenvalue weighted by Crippen LogP contribution is -2.40. The zero-order valence-electron chi connectivity index (χ0n) is 11.9. The van der Waals surface area contributed by atoms with E-state index in [9.17, 15) is 9.59 Å². The number of fused-ring (bicyclic) bond motifs is 1. The quantitative estimate of drug-likeness (QED) is 0.851. The third kappa shape index (κ3) is 2.67. The Labute approximate surface area is 121 Å². The van der Waals surface area contributed by atoms with Crippen LogP contribution in [0.5, 0.6) is 0 Å². The highest BCUT2D eigenvalue weighted by atomic mass is 16.2. The number of hydrogen-bond donors (Lipinski definition) is 2. The van der Waals surface area contributed by atoms with Gasteiger partial charge in [-0.2, -0.15) is 5.10 Å². The molecule has 3 N–H and O–H groups in total. The van der Waals surface area contributed by atoms with E-state index < -0.39 is 5.91 Å². The first-order valence-corrected chi connectivity index (χ1v) is 7.07. The second-order valence-electron chi connectivity index (χ2n) is 5.53. The van der Waals surface area contributed by atoms with Crippen LogP contribution in [-0.4, -0.2) is 28.3 Å². The minimum Gasteiger partial charge on any atom is -0.349 e. The van der Waals surface area contributed by atoms with Crippen molar-refractivity contribution in [1.82, 2.24) is 15.1 Å². The van der Waals surface area contributed by atoms with Gasteiger partial charge in [-0.25, -0.2) is 0 Å². The molecule has 0 bridgehead atoms. The van der Waals surface area contributed by atoms with Gasteiger partial charge in [-0.3, -0.25) is 14.3 Å². The maximum absolute atomic E-state index is 12.3. The van der Waals surface area contributed by atoms with E-state index in [0.29, 0.717) is 23.4 Å². The van der Waals surface area contributed by atoms with Gasteiger partial charge in [-0.1, -0.05) is 12.1 Å². The molecule has 0 spiro atoms. The van der Waals surface area contributed by atoms with E-state index in [0.717, 1.165) is 12.8 Å². The van der Waals surface area contributed by atoms with Crippen LogP contribution in [-0.2, 0) is 7.05 Å². The van der Waals surface area contributed by atoms with E-state index in [1.165, 1.54) is 0 Å². The van der Waals surface area contributed by atoms with Crippen LogP contribution in [0.3, 0.4) is 0 Å². The van der Waals surface area contributed by atoms with Crippen molar-refractivity contribution >= 4 is 16.8 Å². The first-order valence-electron chi connectivity index (χ1n) is 7.07. The van der Waals surface area contributed by atoms with Crippen LogP contribution in [0, 0.1) is 5.92 Å². The third-order valence-electron chi connectivity index (χ3n) is 3.90. The molecule has 0 radical (unpaired) electrons. The maximum Gasteiger partial charge on any atom is 0.275 e. The highest BCUT2D eigenvalue weighted by molar-refractivity contribution is 5.95. The summed E-state index contributed by atoms with van der Waals surface area (Å²) in [6.45, 7) is 0.376. The largest absolute Gasteiger partial charge is 0.349 e. The van der Waals surface area contributed by atoms with Crippen LogP contribution in [0.4, 0.5) is 0 Å². The molecule has 6 nitrogen and oxygen atoms in total. The Balaban J connectivity index is 1.87. The van der Waals surface area contributed by atoms with Crippen molar-refractivity contribution in [2.45, 2.75) is 18.9 Å². The van der Waals surface area contributed by atoms with Crippen LogP contribution in [0.1, 0.15) is 23.3 Å². The number of hydrogen-bond acceptors (Lipinski definition) is 4. The van der Waals surface area contributed by atoms with Crippen LogP contribution in [0.2, 0.25) is 0 Å². The molecular weight excluding hydrogens is 268 g/mol. The smallest absolute Gasteiger partial charge is 0.275 e. The Morgan fingerprint density at radius 2 is 2.19 bits per heavy atom. The molecule has 1 aromatic heterocycles. The molecule has 1 atom stereocenters. The Kier molecular flexibility index (Phi) is 3.47.